The zero-order chi connectivity index (χ0) is 18.1. The molecule has 0 saturated heterocycles. The molecule has 2 aromatic heterocycles. The third-order valence-electron chi connectivity index (χ3n) is 4.42. The van der Waals surface area contributed by atoms with Gasteiger partial charge in [-0.2, -0.15) is 5.10 Å². The molecule has 3 heterocycles. The summed E-state index contributed by atoms with van der Waals surface area (Å²) in [6.45, 7) is 1.46. The van der Waals surface area contributed by atoms with Gasteiger partial charge in [-0.1, -0.05) is 23.7 Å². The maximum absolute atomic E-state index is 11.5. The molecule has 0 saturated carbocycles. The van der Waals surface area contributed by atoms with Crippen LogP contribution in [0.2, 0.25) is 5.02 Å². The summed E-state index contributed by atoms with van der Waals surface area (Å²) in [5.74, 6) is 0.219. The molecule has 8 heteroatoms. The van der Waals surface area contributed by atoms with Crippen LogP contribution in [0.25, 0.3) is 11.3 Å². The van der Waals surface area contributed by atoms with E-state index in [2.05, 4.69) is 30.0 Å². The van der Waals surface area contributed by atoms with E-state index in [1.54, 1.807) is 12.1 Å². The molecule has 0 bridgehead atoms. The average molecular weight is 370 g/mol. The number of benzene rings is 1. The van der Waals surface area contributed by atoms with Gasteiger partial charge in [0.25, 0.3) is 0 Å². The molecule has 4 rings (SSSR count). The summed E-state index contributed by atoms with van der Waals surface area (Å²) in [5, 5.41) is 16.4. The molecule has 0 spiro atoms. The number of carbonyl (C=O) groups excluding carboxylic acids is 1. The summed E-state index contributed by atoms with van der Waals surface area (Å²) in [6.07, 6.45) is 0.830. The highest BCUT2D eigenvalue weighted by Crippen LogP contribution is 2.30. The molecular weight excluding hydrogens is 354 g/mol. The van der Waals surface area contributed by atoms with E-state index in [1.807, 2.05) is 24.3 Å². The van der Waals surface area contributed by atoms with Crippen molar-refractivity contribution >= 4 is 23.4 Å². The van der Waals surface area contributed by atoms with Gasteiger partial charge in [-0.05, 0) is 24.3 Å². The summed E-state index contributed by atoms with van der Waals surface area (Å²) < 4.78 is 4.65. The van der Waals surface area contributed by atoms with Crippen LogP contribution >= 0.6 is 11.6 Å². The van der Waals surface area contributed by atoms with Gasteiger partial charge in [0.2, 0.25) is 0 Å². The molecule has 0 unspecified atom stereocenters. The highest BCUT2D eigenvalue weighted by Gasteiger charge is 2.24. The smallest absolute Gasteiger partial charge is 0.358 e. The van der Waals surface area contributed by atoms with E-state index in [9.17, 15) is 4.79 Å². The fraction of sp³-hybridized carbons (Fsp3) is 0.222. The normalized spacial score (nSPS) is 13.4. The number of hydrogen-bond donors (Lipinski definition) is 1. The Morgan fingerprint density at radius 3 is 2.69 bits per heavy atom. The number of hydrogen-bond acceptors (Lipinski definition) is 6. The van der Waals surface area contributed by atoms with Gasteiger partial charge in [0, 0.05) is 41.4 Å². The first kappa shape index (κ1) is 16.5. The zero-order valence-corrected chi connectivity index (χ0v) is 14.8. The van der Waals surface area contributed by atoms with E-state index in [-0.39, 0.29) is 5.69 Å². The highest BCUT2D eigenvalue weighted by atomic mass is 35.5. The van der Waals surface area contributed by atoms with Crippen LogP contribution in [0.4, 0.5) is 5.82 Å². The molecule has 1 N–H and O–H groups in total. The van der Waals surface area contributed by atoms with Crippen molar-refractivity contribution in [2.24, 2.45) is 0 Å². The molecule has 132 valence electrons. The lowest BCUT2D eigenvalue weighted by atomic mass is 10.0. The molecule has 1 aliphatic rings. The SMILES string of the molecule is COC(=O)c1ccc(N2CCc3[nH]nc(-c4ccc(Cl)cc4)c3C2)nn1. The number of carbonyl (C=O) groups is 1. The second-order valence-corrected chi connectivity index (χ2v) is 6.41. The molecular formula is C18H16ClN5O2. The predicted molar refractivity (Wildman–Crippen MR) is 97.2 cm³/mol. The molecule has 0 aliphatic carbocycles. The lowest BCUT2D eigenvalue weighted by Crippen LogP contribution is -2.31. The van der Waals surface area contributed by atoms with Crippen molar-refractivity contribution in [3.05, 3.63) is 58.4 Å². The van der Waals surface area contributed by atoms with Gasteiger partial charge in [-0.25, -0.2) is 4.79 Å². The zero-order valence-electron chi connectivity index (χ0n) is 14.1. The first-order valence-corrected chi connectivity index (χ1v) is 8.52. The molecule has 0 fully saturated rings. The van der Waals surface area contributed by atoms with Crippen LogP contribution in [-0.4, -0.2) is 40.0 Å². The van der Waals surface area contributed by atoms with E-state index in [1.165, 1.54) is 7.11 Å². The van der Waals surface area contributed by atoms with E-state index in [0.717, 1.165) is 35.5 Å². The van der Waals surface area contributed by atoms with Crippen LogP contribution in [0.15, 0.2) is 36.4 Å². The Kier molecular flexibility index (Phi) is 4.30. The van der Waals surface area contributed by atoms with Crippen molar-refractivity contribution in [1.29, 1.82) is 0 Å². The van der Waals surface area contributed by atoms with Gasteiger partial charge in [0.1, 0.15) is 0 Å². The summed E-state index contributed by atoms with van der Waals surface area (Å²) in [4.78, 5) is 13.6. The first-order valence-electron chi connectivity index (χ1n) is 8.15. The van der Waals surface area contributed by atoms with Crippen molar-refractivity contribution < 1.29 is 9.53 Å². The second kappa shape index (κ2) is 6.76. The molecule has 0 amide bonds. The summed E-state index contributed by atoms with van der Waals surface area (Å²) in [5.41, 5.74) is 4.39. The minimum Gasteiger partial charge on any atom is -0.464 e. The molecule has 26 heavy (non-hydrogen) atoms. The second-order valence-electron chi connectivity index (χ2n) is 5.98. The predicted octanol–water partition coefficient (Wildman–Crippen LogP) is 2.87. The number of methoxy groups -OCH3 is 1. The van der Waals surface area contributed by atoms with E-state index in [0.29, 0.717) is 17.4 Å². The van der Waals surface area contributed by atoms with Crippen molar-refractivity contribution in [3.63, 3.8) is 0 Å². The minimum atomic E-state index is -0.496. The van der Waals surface area contributed by atoms with Crippen molar-refractivity contribution in [3.8, 4) is 11.3 Å². The summed E-state index contributed by atoms with van der Waals surface area (Å²) in [6, 6.07) is 11.0. The maximum atomic E-state index is 11.5. The Morgan fingerprint density at radius 1 is 1.19 bits per heavy atom. The van der Waals surface area contributed by atoms with Gasteiger partial charge < -0.3 is 9.64 Å². The quantitative estimate of drug-likeness (QED) is 0.715. The largest absolute Gasteiger partial charge is 0.464 e. The monoisotopic (exact) mass is 369 g/mol. The number of esters is 1. The number of nitrogens with one attached hydrogen (secondary N) is 1. The standard InChI is InChI=1S/C18H16ClN5O2/c1-26-18(25)15-6-7-16(22-21-15)24-9-8-14-13(10-24)17(23-20-14)11-2-4-12(19)5-3-11/h2-7H,8-10H2,1H3,(H,20,23). The molecule has 0 atom stereocenters. The lowest BCUT2D eigenvalue weighted by Gasteiger charge is -2.27. The third-order valence-corrected chi connectivity index (χ3v) is 4.67. The minimum absolute atomic E-state index is 0.194. The van der Waals surface area contributed by atoms with E-state index >= 15 is 0 Å². The summed E-state index contributed by atoms with van der Waals surface area (Å²) in [7, 11) is 1.32. The number of anilines is 1. The van der Waals surface area contributed by atoms with E-state index < -0.39 is 5.97 Å². The molecule has 1 aliphatic heterocycles. The topological polar surface area (TPSA) is 84.0 Å². The number of nitrogens with zero attached hydrogens (tertiary/aromatic N) is 4. The van der Waals surface area contributed by atoms with Gasteiger partial charge in [-0.3, -0.25) is 5.10 Å². The van der Waals surface area contributed by atoms with Crippen LogP contribution in [0.1, 0.15) is 21.7 Å². The number of H-pyrrole nitrogens is 1. The van der Waals surface area contributed by atoms with Crippen LogP contribution in [0.3, 0.4) is 0 Å². The molecule has 7 nitrogen and oxygen atoms in total. The Morgan fingerprint density at radius 2 is 2.00 bits per heavy atom. The summed E-state index contributed by atoms with van der Waals surface area (Å²) >= 11 is 5.98. The van der Waals surface area contributed by atoms with Crippen molar-refractivity contribution in [1.82, 2.24) is 20.4 Å². The lowest BCUT2D eigenvalue weighted by molar-refractivity contribution is 0.0592. The van der Waals surface area contributed by atoms with Gasteiger partial charge >= 0.3 is 5.97 Å². The average Bonchev–Trinajstić information content (AvgIpc) is 3.11. The molecule has 0 radical (unpaired) electrons. The maximum Gasteiger partial charge on any atom is 0.358 e. The number of fused-ring (bicyclic) bond motifs is 1. The van der Waals surface area contributed by atoms with Crippen LogP contribution < -0.4 is 4.90 Å². The third kappa shape index (κ3) is 3.01. The number of ether oxygens (including phenoxy) is 1. The number of halogens is 1. The van der Waals surface area contributed by atoms with Gasteiger partial charge in [-0.15, -0.1) is 10.2 Å². The molecule has 1 aromatic carbocycles. The highest BCUT2D eigenvalue weighted by molar-refractivity contribution is 6.30. The number of aromatic amines is 1. The first-order chi connectivity index (χ1) is 12.7. The fourth-order valence-electron chi connectivity index (χ4n) is 3.04. The number of aromatic nitrogens is 4. The Bertz CT molecular complexity index is 937. The molecule has 3 aromatic rings. The fourth-order valence-corrected chi connectivity index (χ4v) is 3.17. The van der Waals surface area contributed by atoms with Crippen LogP contribution in [-0.2, 0) is 17.7 Å². The Labute approximate surface area is 155 Å². The Balaban J connectivity index is 1.60. The van der Waals surface area contributed by atoms with E-state index in [4.69, 9.17) is 11.6 Å². The number of rotatable bonds is 3. The van der Waals surface area contributed by atoms with Crippen molar-refractivity contribution in [2.45, 2.75) is 13.0 Å². The van der Waals surface area contributed by atoms with Crippen molar-refractivity contribution in [2.75, 3.05) is 18.6 Å². The van der Waals surface area contributed by atoms with Gasteiger partial charge in [0.15, 0.2) is 11.5 Å². The van der Waals surface area contributed by atoms with Crippen LogP contribution in [0.5, 0.6) is 0 Å². The van der Waals surface area contributed by atoms with Crippen LogP contribution in [0, 0.1) is 0 Å². The Hall–Kier alpha value is -2.93. The van der Waals surface area contributed by atoms with Gasteiger partial charge in [0.05, 0.1) is 12.8 Å².